The van der Waals surface area contributed by atoms with Crippen LogP contribution in [0.5, 0.6) is 5.75 Å². The number of pyridine rings is 1. The monoisotopic (exact) mass is 271 g/mol. The highest BCUT2D eigenvalue weighted by molar-refractivity contribution is 5.92. The molecule has 0 atom stereocenters. The molecule has 2 rings (SSSR count). The molecular weight excluding hydrogens is 254 g/mol. The standard InChI is InChI=1S/C15H17N3O2/c1-10(2)20-12-8-6-11(7-9-12)13-4-3-5-14(17-13)15(19)18-16/h3-10H,16H2,1-2H3,(H,18,19). The summed E-state index contributed by atoms with van der Waals surface area (Å²) in [5.74, 6) is 5.50. The molecular formula is C15H17N3O2. The number of ether oxygens (including phenoxy) is 1. The van der Waals surface area contributed by atoms with E-state index in [1.165, 1.54) is 0 Å². The van der Waals surface area contributed by atoms with Crippen LogP contribution in [0.25, 0.3) is 11.3 Å². The van der Waals surface area contributed by atoms with Crippen molar-refractivity contribution < 1.29 is 9.53 Å². The van der Waals surface area contributed by atoms with Crippen LogP contribution >= 0.6 is 0 Å². The van der Waals surface area contributed by atoms with Crippen LogP contribution in [0.15, 0.2) is 42.5 Å². The van der Waals surface area contributed by atoms with Crippen LogP contribution in [-0.2, 0) is 0 Å². The molecule has 0 unspecified atom stereocenters. The van der Waals surface area contributed by atoms with Gasteiger partial charge in [0.1, 0.15) is 11.4 Å². The van der Waals surface area contributed by atoms with E-state index in [1.54, 1.807) is 12.1 Å². The van der Waals surface area contributed by atoms with Crippen molar-refractivity contribution in [1.82, 2.24) is 10.4 Å². The molecule has 1 amide bonds. The van der Waals surface area contributed by atoms with Gasteiger partial charge in [0.15, 0.2) is 0 Å². The summed E-state index contributed by atoms with van der Waals surface area (Å²) in [4.78, 5) is 15.7. The summed E-state index contributed by atoms with van der Waals surface area (Å²) < 4.78 is 5.58. The number of carbonyl (C=O) groups is 1. The summed E-state index contributed by atoms with van der Waals surface area (Å²) >= 11 is 0. The summed E-state index contributed by atoms with van der Waals surface area (Å²) in [6, 6.07) is 12.8. The number of aromatic nitrogens is 1. The van der Waals surface area contributed by atoms with E-state index in [2.05, 4.69) is 10.4 Å². The van der Waals surface area contributed by atoms with Crippen molar-refractivity contribution in [3.8, 4) is 17.0 Å². The summed E-state index contributed by atoms with van der Waals surface area (Å²) in [7, 11) is 0. The molecule has 1 aromatic heterocycles. The minimum absolute atomic E-state index is 0.135. The molecule has 1 aromatic carbocycles. The van der Waals surface area contributed by atoms with Crippen LogP contribution in [0.2, 0.25) is 0 Å². The Kier molecular flexibility index (Phi) is 4.32. The highest BCUT2D eigenvalue weighted by atomic mass is 16.5. The highest BCUT2D eigenvalue weighted by Crippen LogP contribution is 2.21. The molecule has 104 valence electrons. The van der Waals surface area contributed by atoms with Crippen LogP contribution in [-0.4, -0.2) is 17.0 Å². The summed E-state index contributed by atoms with van der Waals surface area (Å²) in [5, 5.41) is 0. The van der Waals surface area contributed by atoms with E-state index in [1.807, 2.05) is 44.2 Å². The number of hydrogen-bond donors (Lipinski definition) is 2. The fraction of sp³-hybridized carbons (Fsp3) is 0.200. The molecule has 5 heteroatoms. The number of rotatable bonds is 4. The van der Waals surface area contributed by atoms with Crippen molar-refractivity contribution in [1.29, 1.82) is 0 Å². The zero-order valence-corrected chi connectivity index (χ0v) is 11.5. The smallest absolute Gasteiger partial charge is 0.283 e. The molecule has 5 nitrogen and oxygen atoms in total. The zero-order chi connectivity index (χ0) is 14.5. The Hall–Kier alpha value is -2.40. The molecule has 0 saturated heterocycles. The predicted molar refractivity (Wildman–Crippen MR) is 77.1 cm³/mol. The average Bonchev–Trinajstić information content (AvgIpc) is 2.47. The van der Waals surface area contributed by atoms with Gasteiger partial charge in [0.25, 0.3) is 5.91 Å². The summed E-state index contributed by atoms with van der Waals surface area (Å²) in [6.07, 6.45) is 0.135. The third-order valence-corrected chi connectivity index (χ3v) is 2.63. The second-order valence-corrected chi connectivity index (χ2v) is 4.57. The maximum atomic E-state index is 11.5. The molecule has 0 aliphatic carbocycles. The number of carbonyl (C=O) groups excluding carboxylic acids is 1. The van der Waals surface area contributed by atoms with E-state index < -0.39 is 5.91 Å². The number of nitrogens with one attached hydrogen (secondary N) is 1. The Morgan fingerprint density at radius 3 is 2.50 bits per heavy atom. The molecule has 0 radical (unpaired) electrons. The predicted octanol–water partition coefficient (Wildman–Crippen LogP) is 2.14. The van der Waals surface area contributed by atoms with Crippen molar-refractivity contribution in [3.63, 3.8) is 0 Å². The van der Waals surface area contributed by atoms with Gasteiger partial charge in [-0.2, -0.15) is 0 Å². The number of amides is 1. The van der Waals surface area contributed by atoms with Gasteiger partial charge in [0, 0.05) is 5.56 Å². The van der Waals surface area contributed by atoms with Crippen molar-refractivity contribution in [2.45, 2.75) is 20.0 Å². The number of nitrogens with two attached hydrogens (primary N) is 1. The van der Waals surface area contributed by atoms with Gasteiger partial charge in [-0.05, 0) is 50.2 Å². The van der Waals surface area contributed by atoms with Gasteiger partial charge in [-0.3, -0.25) is 10.2 Å². The van der Waals surface area contributed by atoms with E-state index in [0.29, 0.717) is 5.69 Å². The van der Waals surface area contributed by atoms with Gasteiger partial charge < -0.3 is 4.74 Å². The van der Waals surface area contributed by atoms with Crippen LogP contribution in [0.1, 0.15) is 24.3 Å². The third kappa shape index (κ3) is 3.33. The highest BCUT2D eigenvalue weighted by Gasteiger charge is 2.07. The lowest BCUT2D eigenvalue weighted by Gasteiger charge is -2.10. The first-order valence-corrected chi connectivity index (χ1v) is 6.35. The first kappa shape index (κ1) is 14.0. The molecule has 0 fully saturated rings. The minimum Gasteiger partial charge on any atom is -0.491 e. The Morgan fingerprint density at radius 2 is 1.90 bits per heavy atom. The molecule has 0 aliphatic rings. The fourth-order valence-corrected chi connectivity index (χ4v) is 1.77. The number of hydrogen-bond acceptors (Lipinski definition) is 4. The maximum Gasteiger partial charge on any atom is 0.283 e. The minimum atomic E-state index is -0.411. The van der Waals surface area contributed by atoms with Gasteiger partial charge in [-0.1, -0.05) is 6.07 Å². The summed E-state index contributed by atoms with van der Waals surface area (Å²) in [5.41, 5.74) is 3.97. The number of nitrogens with zero attached hydrogens (tertiary/aromatic N) is 1. The Balaban J connectivity index is 2.25. The van der Waals surface area contributed by atoms with Gasteiger partial charge in [-0.25, -0.2) is 10.8 Å². The third-order valence-electron chi connectivity index (χ3n) is 2.63. The van der Waals surface area contributed by atoms with Gasteiger partial charge in [0.05, 0.1) is 11.8 Å². The number of nitrogen functional groups attached to an aromatic ring is 1. The molecule has 0 saturated carbocycles. The Morgan fingerprint density at radius 1 is 1.20 bits per heavy atom. The van der Waals surface area contributed by atoms with Crippen molar-refractivity contribution in [2.75, 3.05) is 0 Å². The molecule has 20 heavy (non-hydrogen) atoms. The van der Waals surface area contributed by atoms with E-state index in [9.17, 15) is 4.79 Å². The molecule has 2 aromatic rings. The van der Waals surface area contributed by atoms with Crippen LogP contribution in [0.4, 0.5) is 0 Å². The lowest BCUT2D eigenvalue weighted by molar-refractivity contribution is 0.0949. The molecule has 0 spiro atoms. The largest absolute Gasteiger partial charge is 0.491 e. The second-order valence-electron chi connectivity index (χ2n) is 4.57. The Bertz CT molecular complexity index is 594. The SMILES string of the molecule is CC(C)Oc1ccc(-c2cccc(C(=O)NN)n2)cc1. The zero-order valence-electron chi connectivity index (χ0n) is 11.5. The first-order valence-electron chi connectivity index (χ1n) is 6.35. The normalized spacial score (nSPS) is 10.4. The average molecular weight is 271 g/mol. The van der Waals surface area contributed by atoms with E-state index in [4.69, 9.17) is 10.6 Å². The molecule has 3 N–H and O–H groups in total. The molecule has 0 bridgehead atoms. The lowest BCUT2D eigenvalue weighted by Crippen LogP contribution is -2.30. The molecule has 0 aliphatic heterocycles. The van der Waals surface area contributed by atoms with E-state index in [0.717, 1.165) is 11.3 Å². The summed E-state index contributed by atoms with van der Waals surface area (Å²) in [6.45, 7) is 3.95. The van der Waals surface area contributed by atoms with Gasteiger partial charge in [-0.15, -0.1) is 0 Å². The van der Waals surface area contributed by atoms with E-state index in [-0.39, 0.29) is 11.8 Å². The molecule has 1 heterocycles. The van der Waals surface area contributed by atoms with Gasteiger partial charge in [0.2, 0.25) is 0 Å². The maximum absolute atomic E-state index is 11.5. The fourth-order valence-electron chi connectivity index (χ4n) is 1.77. The number of benzene rings is 1. The quantitative estimate of drug-likeness (QED) is 0.507. The van der Waals surface area contributed by atoms with E-state index >= 15 is 0 Å². The van der Waals surface area contributed by atoms with Crippen LogP contribution in [0.3, 0.4) is 0 Å². The van der Waals surface area contributed by atoms with Crippen LogP contribution in [0, 0.1) is 0 Å². The van der Waals surface area contributed by atoms with Crippen molar-refractivity contribution in [3.05, 3.63) is 48.2 Å². The second kappa shape index (κ2) is 6.16. The Labute approximate surface area is 117 Å². The van der Waals surface area contributed by atoms with Gasteiger partial charge >= 0.3 is 0 Å². The lowest BCUT2D eigenvalue weighted by atomic mass is 10.1. The van der Waals surface area contributed by atoms with Crippen molar-refractivity contribution in [2.24, 2.45) is 5.84 Å². The van der Waals surface area contributed by atoms with Crippen LogP contribution < -0.4 is 16.0 Å². The first-order chi connectivity index (χ1) is 9.60. The van der Waals surface area contributed by atoms with Crippen molar-refractivity contribution >= 4 is 5.91 Å². The number of hydrazine groups is 1. The topological polar surface area (TPSA) is 77.2 Å².